The minimum atomic E-state index is 0. The number of hydrogen-bond donors (Lipinski definition) is 2. The maximum Gasteiger partial charge on any atom is -1.00 e. The summed E-state index contributed by atoms with van der Waals surface area (Å²) >= 11 is 2.16. The number of aliphatic hydroxyl groups excluding tert-OH is 1. The topological polar surface area (TPSA) is 32.3 Å². The van der Waals surface area contributed by atoms with Gasteiger partial charge < -0.3 is 24.8 Å². The first-order valence-electron chi connectivity index (χ1n) is 6.08. The van der Waals surface area contributed by atoms with Crippen molar-refractivity contribution in [3.8, 4) is 0 Å². The molecule has 0 heterocycles. The molecule has 0 bridgehead atoms. The second-order valence-electron chi connectivity index (χ2n) is 5.52. The molecule has 5 heteroatoms. The van der Waals surface area contributed by atoms with E-state index in [1.54, 1.807) is 0 Å². The molecule has 0 aromatic carbocycles. The summed E-state index contributed by atoms with van der Waals surface area (Å²) < 4.78 is 1.32. The van der Waals surface area contributed by atoms with Crippen LogP contribution in [-0.2, 0) is 20.4 Å². The molecule has 0 amide bonds. The fourth-order valence-electron chi connectivity index (χ4n) is 1.82. The molecular formula is C14H22Cl2NOTi. The molecule has 0 aromatic heterocycles. The summed E-state index contributed by atoms with van der Waals surface area (Å²) in [4.78, 5) is 0. The number of hydrogen-bond acceptors (Lipinski definition) is 2. The van der Waals surface area contributed by atoms with E-state index in [1.165, 1.54) is 20.7 Å². The summed E-state index contributed by atoms with van der Waals surface area (Å²) in [5.41, 5.74) is 4.00. The summed E-state index contributed by atoms with van der Waals surface area (Å²) in [5, 5.41) is 12.4. The first-order valence-corrected chi connectivity index (χ1v) is 6.86. The maximum absolute atomic E-state index is 8.86. The van der Waals surface area contributed by atoms with Crippen LogP contribution in [0, 0.1) is 0 Å². The molecule has 2 N–H and O–H groups in total. The minimum Gasteiger partial charge on any atom is -1.00 e. The Morgan fingerprint density at radius 3 is 2.32 bits per heavy atom. The van der Waals surface area contributed by atoms with Crippen molar-refractivity contribution in [2.24, 2.45) is 0 Å². The van der Waals surface area contributed by atoms with E-state index in [9.17, 15) is 0 Å². The Labute approximate surface area is 141 Å². The largest absolute Gasteiger partial charge is 1.00 e. The van der Waals surface area contributed by atoms with Crippen LogP contribution in [0.5, 0.6) is 0 Å². The zero-order chi connectivity index (χ0) is 13.1. The number of halogens is 2. The fourth-order valence-corrected chi connectivity index (χ4v) is 2.51. The van der Waals surface area contributed by atoms with E-state index in [2.05, 4.69) is 65.6 Å². The van der Waals surface area contributed by atoms with Gasteiger partial charge in [-0.2, -0.15) is 0 Å². The second-order valence-corrected chi connectivity index (χ2v) is 6.30. The van der Waals surface area contributed by atoms with Gasteiger partial charge in [-0.15, -0.1) is 0 Å². The Balaban J connectivity index is 0. The minimum absolute atomic E-state index is 0. The molecule has 1 aliphatic rings. The van der Waals surface area contributed by atoms with E-state index < -0.39 is 0 Å². The molecule has 0 saturated heterocycles. The van der Waals surface area contributed by atoms with Crippen LogP contribution in [0.2, 0.25) is 0 Å². The molecule has 0 atom stereocenters. The predicted octanol–water partition coefficient (Wildman–Crippen LogP) is -3.20. The van der Waals surface area contributed by atoms with Gasteiger partial charge in [-0.1, -0.05) is 0 Å². The van der Waals surface area contributed by atoms with Crippen molar-refractivity contribution >= 4 is 0 Å². The normalized spacial score (nSPS) is 17.0. The van der Waals surface area contributed by atoms with E-state index in [0.29, 0.717) is 0 Å². The molecule has 2 nitrogen and oxygen atoms in total. The third-order valence-corrected chi connectivity index (χ3v) is 3.48. The summed E-state index contributed by atoms with van der Waals surface area (Å²) in [6.07, 6.45) is 6.14. The van der Waals surface area contributed by atoms with Gasteiger partial charge in [-0.3, -0.25) is 0 Å². The van der Waals surface area contributed by atoms with Crippen molar-refractivity contribution in [1.29, 1.82) is 0 Å². The molecule has 0 radical (unpaired) electrons. The Morgan fingerprint density at radius 1 is 1.26 bits per heavy atom. The molecule has 0 unspecified atom stereocenters. The third-order valence-electron chi connectivity index (χ3n) is 2.63. The van der Waals surface area contributed by atoms with Gasteiger partial charge in [0.15, 0.2) is 0 Å². The number of nitrogens with one attached hydrogen (secondary N) is 1. The van der Waals surface area contributed by atoms with Gasteiger partial charge in [-0.25, -0.2) is 0 Å². The van der Waals surface area contributed by atoms with Crippen LogP contribution in [0.4, 0.5) is 0 Å². The van der Waals surface area contributed by atoms with E-state index >= 15 is 0 Å². The van der Waals surface area contributed by atoms with Crippen molar-refractivity contribution in [2.45, 2.75) is 46.1 Å². The first-order chi connectivity index (χ1) is 7.85. The van der Waals surface area contributed by atoms with Crippen LogP contribution < -0.4 is 30.1 Å². The fraction of sp³-hybridized carbons (Fsp3) is 0.571. The zero-order valence-electron chi connectivity index (χ0n) is 12.0. The van der Waals surface area contributed by atoms with E-state index in [-0.39, 0.29) is 37.0 Å². The van der Waals surface area contributed by atoms with Crippen molar-refractivity contribution in [1.82, 2.24) is 5.32 Å². The standard InChI is InChI=1S/C14H22NO.2ClH.Ti/c1-11(6-5-9-16)12-7-8-13(10-12)15-14(2,3)4;;;/h7-8,15-16H,5-6,9H2,1-4H3;2*1H;/q;;;+2/p-2. The van der Waals surface area contributed by atoms with E-state index in [0.717, 1.165) is 12.8 Å². The number of allylic oxidation sites excluding steroid dienone is 5. The summed E-state index contributed by atoms with van der Waals surface area (Å²) in [5.74, 6) is 0. The molecule has 1 rings (SSSR count). The molecule has 19 heavy (non-hydrogen) atoms. The number of rotatable bonds is 4. The molecule has 1 aliphatic carbocycles. The van der Waals surface area contributed by atoms with Crippen LogP contribution >= 0.6 is 0 Å². The number of aliphatic hydroxyl groups is 1. The quantitative estimate of drug-likeness (QED) is 0.529. The van der Waals surface area contributed by atoms with Crippen molar-refractivity contribution in [3.05, 3.63) is 32.9 Å². The van der Waals surface area contributed by atoms with Gasteiger partial charge in [-0.05, 0) is 0 Å². The van der Waals surface area contributed by atoms with Gasteiger partial charge in [0.2, 0.25) is 0 Å². The molecule has 0 aliphatic heterocycles. The predicted molar refractivity (Wildman–Crippen MR) is 68.1 cm³/mol. The Hall–Kier alpha value is 0.274. The van der Waals surface area contributed by atoms with E-state index in [4.69, 9.17) is 5.11 Å². The van der Waals surface area contributed by atoms with Crippen molar-refractivity contribution < 1.29 is 50.4 Å². The summed E-state index contributed by atoms with van der Waals surface area (Å²) in [6.45, 7) is 8.92. The summed E-state index contributed by atoms with van der Waals surface area (Å²) in [7, 11) is 0. The monoisotopic (exact) mass is 338 g/mol. The van der Waals surface area contributed by atoms with Gasteiger partial charge >= 0.3 is 116 Å². The average molecular weight is 339 g/mol. The van der Waals surface area contributed by atoms with Crippen LogP contribution in [0.1, 0.15) is 40.5 Å². The average Bonchev–Trinajstić information content (AvgIpc) is 2.55. The Kier molecular flexibility index (Phi) is 10.5. The maximum atomic E-state index is 8.86. The molecule has 0 aromatic rings. The Bertz CT molecular complexity index is 381. The van der Waals surface area contributed by atoms with Crippen LogP contribution in [0.3, 0.4) is 0 Å². The van der Waals surface area contributed by atoms with Gasteiger partial charge in [0.25, 0.3) is 0 Å². The third kappa shape index (κ3) is 7.01. The molecule has 0 fully saturated rings. The summed E-state index contributed by atoms with van der Waals surface area (Å²) in [6, 6.07) is 0. The van der Waals surface area contributed by atoms with Gasteiger partial charge in [0.1, 0.15) is 0 Å². The SMILES string of the molecule is CC(CCCO)=C1C=CC(NC(C)(C)C)=[C]1[Ti+2].[Cl-].[Cl-]. The van der Waals surface area contributed by atoms with Gasteiger partial charge in [0.05, 0.1) is 0 Å². The molecule has 107 valence electrons. The first kappa shape index (κ1) is 21.6. The van der Waals surface area contributed by atoms with Crippen LogP contribution in [-0.4, -0.2) is 17.3 Å². The molecule has 0 saturated carbocycles. The smallest absolute Gasteiger partial charge is 1.00 e. The zero-order valence-corrected chi connectivity index (χ0v) is 15.1. The van der Waals surface area contributed by atoms with Crippen LogP contribution in [0.25, 0.3) is 0 Å². The Morgan fingerprint density at radius 2 is 1.84 bits per heavy atom. The van der Waals surface area contributed by atoms with Crippen LogP contribution in [0.15, 0.2) is 32.9 Å². The molecular weight excluding hydrogens is 317 g/mol. The second kappa shape index (κ2) is 9.25. The molecule has 0 spiro atoms. The van der Waals surface area contributed by atoms with Gasteiger partial charge in [0, 0.05) is 0 Å². The van der Waals surface area contributed by atoms with Crippen molar-refractivity contribution in [3.63, 3.8) is 0 Å². The van der Waals surface area contributed by atoms with Crippen molar-refractivity contribution in [2.75, 3.05) is 6.61 Å². The van der Waals surface area contributed by atoms with E-state index in [1.807, 2.05) is 0 Å².